The Labute approximate surface area is 154 Å². The van der Waals surface area contributed by atoms with E-state index in [1.807, 2.05) is 47.4 Å². The van der Waals surface area contributed by atoms with Gasteiger partial charge in [-0.15, -0.1) is 17.5 Å². The molecular formula is C18H24ClN5O. The number of nitrogens with one attached hydrogen (secondary N) is 1. The summed E-state index contributed by atoms with van der Waals surface area (Å²) in [5, 5.41) is 11.3. The molecule has 3 N–H and O–H groups in total. The predicted molar refractivity (Wildman–Crippen MR) is 101 cm³/mol. The maximum atomic E-state index is 12.5. The van der Waals surface area contributed by atoms with Crippen molar-refractivity contribution in [1.29, 1.82) is 0 Å². The van der Waals surface area contributed by atoms with E-state index >= 15 is 0 Å². The number of likely N-dealkylation sites (tertiary alicyclic amines) is 1. The SMILES string of the molecule is Cl.NC(Cc1ccccc1)C(=O)N1CCC(Nc2cccnn2)CC1. The van der Waals surface area contributed by atoms with Gasteiger partial charge in [0, 0.05) is 25.3 Å². The molecule has 6 nitrogen and oxygen atoms in total. The zero-order valence-corrected chi connectivity index (χ0v) is 14.9. The van der Waals surface area contributed by atoms with Crippen molar-refractivity contribution < 1.29 is 4.79 Å². The number of aromatic nitrogens is 2. The van der Waals surface area contributed by atoms with Crippen molar-refractivity contribution >= 4 is 24.1 Å². The third-order valence-corrected chi connectivity index (χ3v) is 4.35. The molecule has 1 aliphatic heterocycles. The number of hydrogen-bond acceptors (Lipinski definition) is 5. The number of halogens is 1. The number of hydrogen-bond donors (Lipinski definition) is 2. The smallest absolute Gasteiger partial charge is 0.239 e. The highest BCUT2D eigenvalue weighted by molar-refractivity contribution is 5.85. The van der Waals surface area contributed by atoms with E-state index < -0.39 is 6.04 Å². The summed E-state index contributed by atoms with van der Waals surface area (Å²) in [6.45, 7) is 1.44. The van der Waals surface area contributed by atoms with Crippen LogP contribution >= 0.6 is 12.4 Å². The summed E-state index contributed by atoms with van der Waals surface area (Å²) in [4.78, 5) is 14.4. The first-order valence-electron chi connectivity index (χ1n) is 8.35. The van der Waals surface area contributed by atoms with Gasteiger partial charge in [-0.25, -0.2) is 0 Å². The van der Waals surface area contributed by atoms with E-state index in [0.717, 1.165) is 37.3 Å². The van der Waals surface area contributed by atoms with Crippen LogP contribution in [0, 0.1) is 0 Å². The van der Waals surface area contributed by atoms with Crippen LogP contribution in [0.2, 0.25) is 0 Å². The van der Waals surface area contributed by atoms with Gasteiger partial charge >= 0.3 is 0 Å². The summed E-state index contributed by atoms with van der Waals surface area (Å²) >= 11 is 0. The number of nitrogens with zero attached hydrogens (tertiary/aromatic N) is 3. The average Bonchev–Trinajstić information content (AvgIpc) is 2.63. The molecule has 2 aromatic rings. The molecular weight excluding hydrogens is 338 g/mol. The van der Waals surface area contributed by atoms with Crippen LogP contribution in [0.5, 0.6) is 0 Å². The van der Waals surface area contributed by atoms with Crippen molar-refractivity contribution in [3.63, 3.8) is 0 Å². The molecule has 7 heteroatoms. The molecule has 0 radical (unpaired) electrons. The highest BCUT2D eigenvalue weighted by Crippen LogP contribution is 2.16. The number of amides is 1. The lowest BCUT2D eigenvalue weighted by Gasteiger charge is -2.34. The van der Waals surface area contributed by atoms with Gasteiger partial charge in [0.15, 0.2) is 0 Å². The normalized spacial score (nSPS) is 16.0. The first-order valence-corrected chi connectivity index (χ1v) is 8.35. The quantitative estimate of drug-likeness (QED) is 0.849. The van der Waals surface area contributed by atoms with Gasteiger partial charge in [-0.3, -0.25) is 4.79 Å². The number of nitrogens with two attached hydrogens (primary N) is 1. The van der Waals surface area contributed by atoms with Crippen LogP contribution < -0.4 is 11.1 Å². The minimum atomic E-state index is -0.475. The first-order chi connectivity index (χ1) is 11.7. The topological polar surface area (TPSA) is 84.1 Å². The first kappa shape index (κ1) is 19.1. The average molecular weight is 362 g/mol. The highest BCUT2D eigenvalue weighted by atomic mass is 35.5. The number of anilines is 1. The third kappa shape index (κ3) is 5.41. The summed E-state index contributed by atoms with van der Waals surface area (Å²) in [7, 11) is 0. The van der Waals surface area contributed by atoms with Crippen LogP contribution in [0.15, 0.2) is 48.7 Å². The minimum absolute atomic E-state index is 0. The van der Waals surface area contributed by atoms with E-state index in [0.29, 0.717) is 12.5 Å². The van der Waals surface area contributed by atoms with E-state index in [4.69, 9.17) is 5.73 Å². The second-order valence-corrected chi connectivity index (χ2v) is 6.15. The van der Waals surface area contributed by atoms with Crippen LogP contribution in [0.4, 0.5) is 5.82 Å². The van der Waals surface area contributed by atoms with Gasteiger partial charge in [-0.2, -0.15) is 5.10 Å². The van der Waals surface area contributed by atoms with Gasteiger partial charge in [0.1, 0.15) is 5.82 Å². The molecule has 1 amide bonds. The van der Waals surface area contributed by atoms with E-state index in [9.17, 15) is 4.79 Å². The molecule has 1 aromatic carbocycles. The summed E-state index contributed by atoms with van der Waals surface area (Å²) in [6.07, 6.45) is 4.01. The Morgan fingerprint density at radius 2 is 1.92 bits per heavy atom. The number of benzene rings is 1. The van der Waals surface area contributed by atoms with E-state index in [2.05, 4.69) is 15.5 Å². The maximum absolute atomic E-state index is 12.5. The van der Waals surface area contributed by atoms with Gasteiger partial charge in [-0.1, -0.05) is 30.3 Å². The monoisotopic (exact) mass is 361 g/mol. The van der Waals surface area contributed by atoms with Crippen molar-refractivity contribution in [3.8, 4) is 0 Å². The van der Waals surface area contributed by atoms with Crippen molar-refractivity contribution in [2.45, 2.75) is 31.3 Å². The molecule has 2 heterocycles. The summed E-state index contributed by atoms with van der Waals surface area (Å²) in [5.74, 6) is 0.819. The Balaban J connectivity index is 0.00000225. The lowest BCUT2D eigenvalue weighted by molar-refractivity contribution is -0.133. The molecule has 1 unspecified atom stereocenters. The Morgan fingerprint density at radius 1 is 1.20 bits per heavy atom. The number of carbonyl (C=O) groups is 1. The van der Waals surface area contributed by atoms with Crippen molar-refractivity contribution in [1.82, 2.24) is 15.1 Å². The van der Waals surface area contributed by atoms with Gasteiger partial charge in [0.25, 0.3) is 0 Å². The molecule has 0 aliphatic carbocycles. The van der Waals surface area contributed by atoms with Crippen LogP contribution in [-0.2, 0) is 11.2 Å². The van der Waals surface area contributed by atoms with Gasteiger partial charge in [0.05, 0.1) is 6.04 Å². The van der Waals surface area contributed by atoms with E-state index in [1.165, 1.54) is 0 Å². The molecule has 0 saturated carbocycles. The molecule has 3 rings (SSSR count). The lowest BCUT2D eigenvalue weighted by Crippen LogP contribution is -2.49. The van der Waals surface area contributed by atoms with Crippen molar-refractivity contribution in [2.75, 3.05) is 18.4 Å². The Bertz CT molecular complexity index is 647. The van der Waals surface area contributed by atoms with E-state index in [1.54, 1.807) is 6.20 Å². The fourth-order valence-corrected chi connectivity index (χ4v) is 3.02. The Kier molecular flexibility index (Phi) is 7.16. The van der Waals surface area contributed by atoms with Crippen LogP contribution in [-0.4, -0.2) is 46.2 Å². The largest absolute Gasteiger partial charge is 0.366 e. The Morgan fingerprint density at radius 3 is 2.56 bits per heavy atom. The summed E-state index contributed by atoms with van der Waals surface area (Å²) in [6, 6.07) is 13.5. The fourth-order valence-electron chi connectivity index (χ4n) is 3.02. The predicted octanol–water partition coefficient (Wildman–Crippen LogP) is 1.87. The number of rotatable bonds is 5. The maximum Gasteiger partial charge on any atom is 0.239 e. The Hall–Kier alpha value is -2.18. The lowest BCUT2D eigenvalue weighted by atomic mass is 10.0. The zero-order chi connectivity index (χ0) is 16.8. The van der Waals surface area contributed by atoms with Gasteiger partial charge < -0.3 is 16.0 Å². The second-order valence-electron chi connectivity index (χ2n) is 6.15. The van der Waals surface area contributed by atoms with Gasteiger partial charge in [0.2, 0.25) is 5.91 Å². The van der Waals surface area contributed by atoms with Crippen LogP contribution in [0.1, 0.15) is 18.4 Å². The molecule has 1 aromatic heterocycles. The summed E-state index contributed by atoms with van der Waals surface area (Å²) < 4.78 is 0. The molecule has 1 saturated heterocycles. The molecule has 1 atom stereocenters. The standard InChI is InChI=1S/C18H23N5O.ClH/c19-16(13-14-5-2-1-3-6-14)18(24)23-11-8-15(9-12-23)21-17-7-4-10-20-22-17;/h1-7,10,15-16H,8-9,11-13,19H2,(H,21,22);1H. The fraction of sp³-hybridized carbons (Fsp3) is 0.389. The van der Waals surface area contributed by atoms with E-state index in [-0.39, 0.29) is 18.3 Å². The van der Waals surface area contributed by atoms with Crippen molar-refractivity contribution in [3.05, 3.63) is 54.2 Å². The number of carbonyl (C=O) groups excluding carboxylic acids is 1. The van der Waals surface area contributed by atoms with Gasteiger partial charge in [-0.05, 0) is 37.0 Å². The van der Waals surface area contributed by atoms with Crippen LogP contribution in [0.3, 0.4) is 0 Å². The zero-order valence-electron chi connectivity index (χ0n) is 14.0. The third-order valence-electron chi connectivity index (χ3n) is 4.35. The molecule has 0 bridgehead atoms. The highest BCUT2D eigenvalue weighted by Gasteiger charge is 2.26. The molecule has 134 valence electrons. The minimum Gasteiger partial charge on any atom is -0.366 e. The molecule has 1 fully saturated rings. The van der Waals surface area contributed by atoms with Crippen LogP contribution in [0.25, 0.3) is 0 Å². The molecule has 25 heavy (non-hydrogen) atoms. The number of piperidine rings is 1. The second kappa shape index (κ2) is 9.34. The molecule has 0 spiro atoms. The summed E-state index contributed by atoms with van der Waals surface area (Å²) in [5.41, 5.74) is 7.21. The molecule has 1 aliphatic rings. The van der Waals surface area contributed by atoms with Crippen molar-refractivity contribution in [2.24, 2.45) is 5.73 Å².